The van der Waals surface area contributed by atoms with Gasteiger partial charge in [-0.25, -0.2) is 4.39 Å². The second-order valence-corrected chi connectivity index (χ2v) is 10.8. The molecule has 0 aromatic heterocycles. The van der Waals surface area contributed by atoms with E-state index in [0.717, 1.165) is 45.3 Å². The number of aliphatic hydroxyl groups is 2. The minimum Gasteiger partial charge on any atom is -0.494 e. The molecule has 0 aliphatic carbocycles. The lowest BCUT2D eigenvalue weighted by Gasteiger charge is -2.29. The van der Waals surface area contributed by atoms with E-state index in [4.69, 9.17) is 31.3 Å². The van der Waals surface area contributed by atoms with Crippen LogP contribution in [0.4, 0.5) is 4.39 Å². The van der Waals surface area contributed by atoms with Crippen molar-refractivity contribution in [2.24, 2.45) is 0 Å². The summed E-state index contributed by atoms with van der Waals surface area (Å²) in [5.74, 6) is -0.476. The number of nitrogens with zero attached hydrogens (tertiary/aromatic N) is 1. The summed E-state index contributed by atoms with van der Waals surface area (Å²) in [6, 6.07) is 16.5. The predicted octanol–water partition coefficient (Wildman–Crippen LogP) is 4.88. The van der Waals surface area contributed by atoms with E-state index < -0.39 is 18.6 Å². The first-order chi connectivity index (χ1) is 20.3. The summed E-state index contributed by atoms with van der Waals surface area (Å²) in [6.07, 6.45) is 3.46. The Balaban J connectivity index is 1.30. The fourth-order valence-corrected chi connectivity index (χ4v) is 5.09. The van der Waals surface area contributed by atoms with Crippen LogP contribution in [0.2, 0.25) is 5.02 Å². The van der Waals surface area contributed by atoms with Crippen molar-refractivity contribution in [2.75, 3.05) is 32.8 Å². The van der Waals surface area contributed by atoms with Crippen LogP contribution < -0.4 is 14.8 Å². The zero-order chi connectivity index (χ0) is 29.9. The van der Waals surface area contributed by atoms with Crippen LogP contribution in [0.1, 0.15) is 36.8 Å². The monoisotopic (exact) mass is 600 g/mol. The summed E-state index contributed by atoms with van der Waals surface area (Å²) in [6.45, 7) is 3.10. The number of piperidine rings is 1. The van der Waals surface area contributed by atoms with Crippen LogP contribution >= 0.6 is 11.6 Å². The highest BCUT2D eigenvalue weighted by Gasteiger charge is 2.17. The van der Waals surface area contributed by atoms with E-state index >= 15 is 4.39 Å². The van der Waals surface area contributed by atoms with Crippen molar-refractivity contribution in [1.29, 1.82) is 0 Å². The second kappa shape index (κ2) is 15.9. The zero-order valence-corrected chi connectivity index (χ0v) is 24.2. The summed E-state index contributed by atoms with van der Waals surface area (Å²) in [5, 5.41) is 30.9. The molecule has 1 saturated heterocycles. The average Bonchev–Trinajstić information content (AvgIpc) is 2.98. The number of carbonyl (C=O) groups is 1. The number of carboxylic acids is 1. The van der Waals surface area contributed by atoms with Gasteiger partial charge in [0.2, 0.25) is 0 Å². The highest BCUT2D eigenvalue weighted by atomic mass is 35.5. The Morgan fingerprint density at radius 1 is 1.07 bits per heavy atom. The third-order valence-corrected chi connectivity index (χ3v) is 7.63. The van der Waals surface area contributed by atoms with E-state index in [1.165, 1.54) is 0 Å². The zero-order valence-electron chi connectivity index (χ0n) is 23.5. The van der Waals surface area contributed by atoms with Crippen LogP contribution in [-0.2, 0) is 17.9 Å². The number of aliphatic hydroxyl groups excluding tert-OH is 2. The molecule has 0 unspecified atom stereocenters. The van der Waals surface area contributed by atoms with Gasteiger partial charge in [-0.2, -0.15) is 0 Å². The van der Waals surface area contributed by atoms with Crippen molar-refractivity contribution in [1.82, 2.24) is 10.2 Å². The van der Waals surface area contributed by atoms with E-state index in [9.17, 15) is 9.90 Å². The van der Waals surface area contributed by atoms with Gasteiger partial charge in [0.05, 0.1) is 24.3 Å². The van der Waals surface area contributed by atoms with Crippen molar-refractivity contribution in [3.8, 4) is 22.6 Å². The molecule has 10 heteroatoms. The van der Waals surface area contributed by atoms with Gasteiger partial charge in [-0.3, -0.25) is 10.1 Å². The number of rotatable bonds is 15. The first kappa shape index (κ1) is 31.7. The average molecular weight is 601 g/mol. The molecule has 1 heterocycles. The minimum atomic E-state index is -1.14. The Kier molecular flexibility index (Phi) is 12.0. The van der Waals surface area contributed by atoms with Crippen molar-refractivity contribution in [3.63, 3.8) is 0 Å². The molecule has 0 bridgehead atoms. The van der Waals surface area contributed by atoms with Gasteiger partial charge in [-0.05, 0) is 67.6 Å². The summed E-state index contributed by atoms with van der Waals surface area (Å²) < 4.78 is 27.3. The van der Waals surface area contributed by atoms with Crippen molar-refractivity contribution >= 4 is 17.6 Å². The SMILES string of the molecule is O=C(O)[C@@H](CO)NCc1ccc(OCc2cccc(-c3cccc(OCCCCN4CCC(O)CC4)c3)c2F)c(Cl)c1. The number of benzene rings is 3. The topological polar surface area (TPSA) is 111 Å². The molecule has 1 fully saturated rings. The molecule has 3 aromatic carbocycles. The fourth-order valence-electron chi connectivity index (χ4n) is 4.84. The van der Waals surface area contributed by atoms with E-state index in [0.29, 0.717) is 45.4 Å². The Morgan fingerprint density at radius 2 is 1.86 bits per heavy atom. The van der Waals surface area contributed by atoms with Gasteiger partial charge in [0.25, 0.3) is 0 Å². The van der Waals surface area contributed by atoms with Gasteiger partial charge in [0, 0.05) is 30.8 Å². The van der Waals surface area contributed by atoms with Crippen LogP contribution in [-0.4, -0.2) is 71.2 Å². The van der Waals surface area contributed by atoms with Crippen LogP contribution in [0.15, 0.2) is 60.7 Å². The van der Waals surface area contributed by atoms with E-state index in [1.54, 1.807) is 36.4 Å². The Labute approximate surface area is 250 Å². The maximum absolute atomic E-state index is 15.5. The highest BCUT2D eigenvalue weighted by Crippen LogP contribution is 2.30. The molecule has 3 aromatic rings. The highest BCUT2D eigenvalue weighted by molar-refractivity contribution is 6.32. The van der Waals surface area contributed by atoms with E-state index in [-0.39, 0.29) is 25.1 Å². The van der Waals surface area contributed by atoms with Gasteiger partial charge in [-0.1, -0.05) is 48.0 Å². The number of aliphatic carboxylic acids is 1. The molecule has 42 heavy (non-hydrogen) atoms. The lowest BCUT2D eigenvalue weighted by atomic mass is 10.0. The molecule has 0 amide bonds. The maximum atomic E-state index is 15.5. The molecular weight excluding hydrogens is 563 g/mol. The summed E-state index contributed by atoms with van der Waals surface area (Å²) in [5.41, 5.74) is 2.23. The van der Waals surface area contributed by atoms with Gasteiger partial charge >= 0.3 is 5.97 Å². The largest absolute Gasteiger partial charge is 0.494 e. The standard InChI is InChI=1S/C32H38ClFN2O6/c33-28-17-22(19-35-29(20-37)32(39)40)9-10-30(28)42-21-24-6-4-8-27(31(24)34)23-5-3-7-26(18-23)41-16-2-1-13-36-14-11-25(38)12-15-36/h3-10,17-18,25,29,35,37-38H,1-2,11-16,19-21H2,(H,39,40)/t29-/m1/s1. The Hall–Kier alpha value is -3.21. The van der Waals surface area contributed by atoms with Gasteiger partial charge < -0.3 is 29.7 Å². The maximum Gasteiger partial charge on any atom is 0.323 e. The molecule has 0 saturated carbocycles. The van der Waals surface area contributed by atoms with E-state index in [1.807, 2.05) is 24.3 Å². The smallest absolute Gasteiger partial charge is 0.323 e. The van der Waals surface area contributed by atoms with Crippen molar-refractivity contribution < 1.29 is 34.0 Å². The van der Waals surface area contributed by atoms with Crippen LogP contribution in [0.25, 0.3) is 11.1 Å². The van der Waals surface area contributed by atoms with E-state index in [2.05, 4.69) is 10.2 Å². The summed E-state index contributed by atoms with van der Waals surface area (Å²) in [7, 11) is 0. The molecule has 0 radical (unpaired) electrons. The van der Waals surface area contributed by atoms with Gasteiger partial charge in [0.15, 0.2) is 0 Å². The summed E-state index contributed by atoms with van der Waals surface area (Å²) in [4.78, 5) is 13.4. The fraction of sp³-hybridized carbons (Fsp3) is 0.406. The van der Waals surface area contributed by atoms with Crippen molar-refractivity contribution in [3.05, 3.63) is 82.6 Å². The second-order valence-electron chi connectivity index (χ2n) is 10.4. The van der Waals surface area contributed by atoms with Crippen LogP contribution in [0.3, 0.4) is 0 Å². The summed E-state index contributed by atoms with van der Waals surface area (Å²) >= 11 is 6.36. The third kappa shape index (κ3) is 9.14. The Bertz CT molecular complexity index is 1320. The first-order valence-corrected chi connectivity index (χ1v) is 14.6. The third-order valence-electron chi connectivity index (χ3n) is 7.33. The number of ether oxygens (including phenoxy) is 2. The van der Waals surface area contributed by atoms with Gasteiger partial charge in [-0.15, -0.1) is 0 Å². The molecule has 4 rings (SSSR count). The van der Waals surface area contributed by atoms with Crippen LogP contribution in [0.5, 0.6) is 11.5 Å². The normalized spacial score (nSPS) is 15.0. The number of hydrogen-bond acceptors (Lipinski definition) is 7. The quantitative estimate of drug-likeness (QED) is 0.183. The lowest BCUT2D eigenvalue weighted by molar-refractivity contribution is -0.140. The first-order valence-electron chi connectivity index (χ1n) is 14.2. The number of likely N-dealkylation sites (tertiary alicyclic amines) is 1. The molecule has 4 N–H and O–H groups in total. The van der Waals surface area contributed by atoms with Gasteiger partial charge in [0.1, 0.15) is 30.0 Å². The molecule has 1 aliphatic rings. The molecular formula is C32H38ClFN2O6. The number of nitrogens with one attached hydrogen (secondary N) is 1. The van der Waals surface area contributed by atoms with Crippen LogP contribution in [0, 0.1) is 5.82 Å². The lowest BCUT2D eigenvalue weighted by Crippen LogP contribution is -2.39. The number of carboxylic acid groups (broad SMARTS) is 1. The minimum absolute atomic E-state index is 0.0330. The molecule has 1 aliphatic heterocycles. The Morgan fingerprint density at radius 3 is 2.60 bits per heavy atom. The number of hydrogen-bond donors (Lipinski definition) is 4. The number of unbranched alkanes of at least 4 members (excludes halogenated alkanes) is 1. The molecule has 1 atom stereocenters. The molecule has 0 spiro atoms. The molecule has 8 nitrogen and oxygen atoms in total. The predicted molar refractivity (Wildman–Crippen MR) is 159 cm³/mol. The molecule has 226 valence electrons. The number of halogens is 2. The van der Waals surface area contributed by atoms with Crippen molar-refractivity contribution in [2.45, 2.75) is 51.0 Å².